The first-order valence-corrected chi connectivity index (χ1v) is 5.20. The second-order valence-corrected chi connectivity index (χ2v) is 4.89. The third-order valence-corrected chi connectivity index (χ3v) is 4.66. The minimum absolute atomic E-state index is 0.792. The molecule has 4 unspecified atom stereocenters. The van der Waals surface area contributed by atoms with E-state index in [0.717, 1.165) is 23.2 Å². The minimum atomic E-state index is 0.792. The molecule has 2 rings (SSSR count). The van der Waals surface area contributed by atoms with E-state index < -0.39 is 0 Å². The van der Waals surface area contributed by atoms with Gasteiger partial charge in [-0.2, -0.15) is 0 Å². The maximum atomic E-state index is 2.50. The summed E-state index contributed by atoms with van der Waals surface area (Å²) in [6.45, 7) is 7.29. The van der Waals surface area contributed by atoms with Crippen LogP contribution in [0.25, 0.3) is 0 Å². The van der Waals surface area contributed by atoms with Crippen molar-refractivity contribution in [1.82, 2.24) is 0 Å². The van der Waals surface area contributed by atoms with Gasteiger partial charge in [0.1, 0.15) is 0 Å². The lowest BCUT2D eigenvalue weighted by Crippen LogP contribution is -2.60. The predicted molar refractivity (Wildman–Crippen MR) is 48.4 cm³/mol. The zero-order valence-electron chi connectivity index (χ0n) is 8.06. The average molecular weight is 152 g/mol. The average Bonchev–Trinajstić information content (AvgIpc) is 1.99. The van der Waals surface area contributed by atoms with Gasteiger partial charge in [0.25, 0.3) is 0 Å². The molecular weight excluding hydrogens is 132 g/mol. The van der Waals surface area contributed by atoms with Gasteiger partial charge in [0.05, 0.1) is 0 Å². The van der Waals surface area contributed by atoms with E-state index >= 15 is 0 Å². The van der Waals surface area contributed by atoms with Crippen LogP contribution in [0.15, 0.2) is 0 Å². The molecule has 0 aliphatic heterocycles. The zero-order valence-corrected chi connectivity index (χ0v) is 8.06. The number of fused-ring (bicyclic) bond motifs is 1. The standard InChI is InChI=1S/C11H20/c1-4-5-9-8(2)11(3)7-6-10(9)11/h8-10H,4-7H2,1-3H3. The Bertz CT molecular complexity index is 153. The van der Waals surface area contributed by atoms with Crippen molar-refractivity contribution in [1.29, 1.82) is 0 Å². The van der Waals surface area contributed by atoms with E-state index in [1.54, 1.807) is 0 Å². The minimum Gasteiger partial charge on any atom is -0.0654 e. The largest absolute Gasteiger partial charge is 0.0654 e. The van der Waals surface area contributed by atoms with Crippen molar-refractivity contribution in [3.63, 3.8) is 0 Å². The Labute approximate surface area is 70.4 Å². The smallest absolute Gasteiger partial charge is 0.0266 e. The fourth-order valence-electron chi connectivity index (χ4n) is 3.54. The Morgan fingerprint density at radius 1 is 1.45 bits per heavy atom. The van der Waals surface area contributed by atoms with Gasteiger partial charge >= 0.3 is 0 Å². The zero-order chi connectivity index (χ0) is 8.06. The molecule has 0 heterocycles. The molecular formula is C11H20. The molecule has 64 valence electrons. The van der Waals surface area contributed by atoms with E-state index in [4.69, 9.17) is 0 Å². The van der Waals surface area contributed by atoms with Crippen LogP contribution in [0.3, 0.4) is 0 Å². The SMILES string of the molecule is CCCC1C(C)C2(C)CCC12. The molecule has 0 saturated heterocycles. The fraction of sp³-hybridized carbons (Fsp3) is 1.00. The van der Waals surface area contributed by atoms with Crippen LogP contribution < -0.4 is 0 Å². The maximum absolute atomic E-state index is 2.50. The highest BCUT2D eigenvalue weighted by molar-refractivity contribution is 5.09. The van der Waals surface area contributed by atoms with Gasteiger partial charge in [-0.25, -0.2) is 0 Å². The van der Waals surface area contributed by atoms with Crippen LogP contribution in [0.4, 0.5) is 0 Å². The van der Waals surface area contributed by atoms with Crippen LogP contribution >= 0.6 is 0 Å². The quantitative estimate of drug-likeness (QED) is 0.568. The summed E-state index contributed by atoms with van der Waals surface area (Å²) in [5.74, 6) is 3.25. The van der Waals surface area contributed by atoms with Crippen molar-refractivity contribution in [2.24, 2.45) is 23.2 Å². The molecule has 0 aromatic carbocycles. The highest BCUT2D eigenvalue weighted by Gasteiger charge is 2.60. The van der Waals surface area contributed by atoms with Crippen LogP contribution in [0, 0.1) is 23.2 Å². The van der Waals surface area contributed by atoms with Crippen LogP contribution in [0.5, 0.6) is 0 Å². The normalized spacial score (nSPS) is 54.3. The third kappa shape index (κ3) is 0.761. The van der Waals surface area contributed by atoms with E-state index in [-0.39, 0.29) is 0 Å². The molecule has 2 aliphatic carbocycles. The lowest BCUT2D eigenvalue weighted by Gasteiger charge is -2.67. The van der Waals surface area contributed by atoms with Crippen molar-refractivity contribution >= 4 is 0 Å². The van der Waals surface area contributed by atoms with Crippen LogP contribution in [-0.4, -0.2) is 0 Å². The molecule has 0 spiro atoms. The van der Waals surface area contributed by atoms with Gasteiger partial charge in [-0.3, -0.25) is 0 Å². The van der Waals surface area contributed by atoms with E-state index in [0.29, 0.717) is 0 Å². The topological polar surface area (TPSA) is 0 Å². The summed E-state index contributed by atoms with van der Waals surface area (Å²) < 4.78 is 0. The Hall–Kier alpha value is 0. The van der Waals surface area contributed by atoms with E-state index in [1.165, 1.54) is 25.7 Å². The first-order valence-electron chi connectivity index (χ1n) is 5.20. The van der Waals surface area contributed by atoms with Gasteiger partial charge in [0.15, 0.2) is 0 Å². The van der Waals surface area contributed by atoms with E-state index in [9.17, 15) is 0 Å². The lowest BCUT2D eigenvalue weighted by molar-refractivity contribution is -0.182. The lowest BCUT2D eigenvalue weighted by atomic mass is 9.38. The van der Waals surface area contributed by atoms with Crippen LogP contribution in [0.1, 0.15) is 46.5 Å². The molecule has 2 aliphatic rings. The molecule has 0 nitrogen and oxygen atoms in total. The van der Waals surface area contributed by atoms with Crippen LogP contribution in [0.2, 0.25) is 0 Å². The van der Waals surface area contributed by atoms with Crippen molar-refractivity contribution in [3.8, 4) is 0 Å². The molecule has 2 fully saturated rings. The molecule has 2 saturated carbocycles. The third-order valence-electron chi connectivity index (χ3n) is 4.66. The molecule has 0 aromatic heterocycles. The van der Waals surface area contributed by atoms with E-state index in [2.05, 4.69) is 20.8 Å². The summed E-state index contributed by atoms with van der Waals surface area (Å²) in [7, 11) is 0. The van der Waals surface area contributed by atoms with Gasteiger partial charge in [0, 0.05) is 0 Å². The van der Waals surface area contributed by atoms with E-state index in [1.807, 2.05) is 0 Å². The molecule has 0 radical (unpaired) electrons. The fourth-order valence-corrected chi connectivity index (χ4v) is 3.54. The molecule has 4 atom stereocenters. The molecule has 0 N–H and O–H groups in total. The molecule has 11 heavy (non-hydrogen) atoms. The summed E-state index contributed by atoms with van der Waals surface area (Å²) >= 11 is 0. The number of rotatable bonds is 2. The van der Waals surface area contributed by atoms with Gasteiger partial charge in [0.2, 0.25) is 0 Å². The van der Waals surface area contributed by atoms with Gasteiger partial charge in [-0.1, -0.05) is 33.6 Å². The summed E-state index contributed by atoms with van der Waals surface area (Å²) in [4.78, 5) is 0. The molecule has 0 aromatic rings. The highest BCUT2D eigenvalue weighted by atomic mass is 14.7. The number of hydrogen-bond acceptors (Lipinski definition) is 0. The molecule has 0 amide bonds. The van der Waals surface area contributed by atoms with Crippen molar-refractivity contribution in [3.05, 3.63) is 0 Å². The molecule has 0 heteroatoms. The van der Waals surface area contributed by atoms with Crippen molar-refractivity contribution in [2.45, 2.75) is 46.5 Å². The van der Waals surface area contributed by atoms with Gasteiger partial charge in [-0.15, -0.1) is 0 Å². The molecule has 0 bridgehead atoms. The Kier molecular flexibility index (Phi) is 1.56. The van der Waals surface area contributed by atoms with Crippen LogP contribution in [-0.2, 0) is 0 Å². The highest BCUT2D eigenvalue weighted by Crippen LogP contribution is 2.68. The van der Waals surface area contributed by atoms with Gasteiger partial charge < -0.3 is 0 Å². The Morgan fingerprint density at radius 3 is 2.55 bits per heavy atom. The first kappa shape index (κ1) is 7.64. The predicted octanol–water partition coefficient (Wildman–Crippen LogP) is 3.47. The summed E-state index contributed by atoms with van der Waals surface area (Å²) in [6, 6.07) is 0. The maximum Gasteiger partial charge on any atom is -0.0266 e. The van der Waals surface area contributed by atoms with Crippen molar-refractivity contribution in [2.75, 3.05) is 0 Å². The monoisotopic (exact) mass is 152 g/mol. The summed E-state index contributed by atoms with van der Waals surface area (Å²) in [6.07, 6.45) is 5.92. The Morgan fingerprint density at radius 2 is 2.18 bits per heavy atom. The second kappa shape index (κ2) is 2.24. The first-order chi connectivity index (χ1) is 5.20. The Balaban J connectivity index is 1.97. The summed E-state index contributed by atoms with van der Waals surface area (Å²) in [5.41, 5.74) is 0.792. The number of hydrogen-bond donors (Lipinski definition) is 0. The summed E-state index contributed by atoms with van der Waals surface area (Å²) in [5, 5.41) is 0. The second-order valence-electron chi connectivity index (χ2n) is 4.89. The van der Waals surface area contributed by atoms with Gasteiger partial charge in [-0.05, 0) is 36.0 Å². The van der Waals surface area contributed by atoms with Crippen molar-refractivity contribution < 1.29 is 0 Å².